The van der Waals surface area contributed by atoms with E-state index < -0.39 is 34.5 Å². The summed E-state index contributed by atoms with van der Waals surface area (Å²) in [5.74, 6) is -0.707. The van der Waals surface area contributed by atoms with E-state index in [1.807, 2.05) is 0 Å². The maximum atomic E-state index is 13.1. The Labute approximate surface area is 237 Å². The van der Waals surface area contributed by atoms with Gasteiger partial charge in [-0.1, -0.05) is 18.2 Å². The molecule has 2 aliphatic heterocycles. The molecule has 11 nitrogen and oxygen atoms in total. The second-order valence-electron chi connectivity index (χ2n) is 10.9. The van der Waals surface area contributed by atoms with Gasteiger partial charge < -0.3 is 26.4 Å². The van der Waals surface area contributed by atoms with Crippen LogP contribution in [0.2, 0.25) is 0 Å². The molecule has 1 unspecified atom stereocenters. The van der Waals surface area contributed by atoms with Crippen LogP contribution in [0, 0.1) is 17.8 Å². The van der Waals surface area contributed by atoms with Gasteiger partial charge in [-0.15, -0.1) is 0 Å². The SMILES string of the molecule is O=C(CCNC(=O)C(CCC1CCNCC1)CCC1CCNCC1)NCC(NS(=O)(=O)c1ccccc1)C(=O)O. The minimum Gasteiger partial charge on any atom is -0.480 e. The van der Waals surface area contributed by atoms with Crippen LogP contribution < -0.4 is 26.0 Å². The second kappa shape index (κ2) is 16.7. The van der Waals surface area contributed by atoms with Crippen molar-refractivity contribution in [2.45, 2.75) is 68.7 Å². The summed E-state index contributed by atoms with van der Waals surface area (Å²) >= 11 is 0. The number of carboxylic acid groups (broad SMARTS) is 1. The first-order valence-corrected chi connectivity index (χ1v) is 16.0. The third kappa shape index (κ3) is 11.1. The molecule has 1 aromatic carbocycles. The molecule has 3 rings (SSSR count). The van der Waals surface area contributed by atoms with Crippen molar-refractivity contribution in [2.24, 2.45) is 17.8 Å². The minimum atomic E-state index is -4.06. The van der Waals surface area contributed by atoms with Crippen molar-refractivity contribution in [2.75, 3.05) is 39.3 Å². The number of hydrogen-bond acceptors (Lipinski definition) is 7. The zero-order valence-electron chi connectivity index (χ0n) is 23.2. The molecular formula is C28H45N5O6S. The molecule has 1 atom stereocenters. The van der Waals surface area contributed by atoms with Crippen molar-refractivity contribution in [3.05, 3.63) is 30.3 Å². The van der Waals surface area contributed by atoms with E-state index in [-0.39, 0.29) is 29.7 Å². The van der Waals surface area contributed by atoms with E-state index in [1.54, 1.807) is 6.07 Å². The van der Waals surface area contributed by atoms with E-state index >= 15 is 0 Å². The van der Waals surface area contributed by atoms with Crippen LogP contribution in [-0.4, -0.2) is 76.6 Å². The zero-order valence-corrected chi connectivity index (χ0v) is 24.0. The molecule has 0 spiro atoms. The predicted octanol–water partition coefficient (Wildman–Crippen LogP) is 1.22. The van der Waals surface area contributed by atoms with Crippen LogP contribution >= 0.6 is 0 Å². The predicted molar refractivity (Wildman–Crippen MR) is 152 cm³/mol. The number of aliphatic carboxylic acids is 1. The van der Waals surface area contributed by atoms with Crippen LogP contribution in [0.1, 0.15) is 57.8 Å². The minimum absolute atomic E-state index is 0.0289. The normalized spacial score (nSPS) is 17.8. The molecule has 2 fully saturated rings. The molecule has 12 heteroatoms. The number of nitrogens with one attached hydrogen (secondary N) is 5. The highest BCUT2D eigenvalue weighted by Crippen LogP contribution is 2.26. The van der Waals surface area contributed by atoms with Gasteiger partial charge in [0.05, 0.1) is 4.90 Å². The zero-order chi connectivity index (χ0) is 28.8. The number of piperidine rings is 2. The first-order valence-electron chi connectivity index (χ1n) is 14.5. The highest BCUT2D eigenvalue weighted by molar-refractivity contribution is 7.89. The van der Waals surface area contributed by atoms with E-state index in [4.69, 9.17) is 0 Å². The van der Waals surface area contributed by atoms with Crippen molar-refractivity contribution in [1.82, 2.24) is 26.0 Å². The van der Waals surface area contributed by atoms with Crippen LogP contribution in [-0.2, 0) is 24.4 Å². The van der Waals surface area contributed by atoms with Crippen LogP contribution in [0.4, 0.5) is 0 Å². The molecule has 40 heavy (non-hydrogen) atoms. The number of carbonyl (C=O) groups excluding carboxylic acids is 2. The Morgan fingerprint density at radius 3 is 1.95 bits per heavy atom. The molecule has 1 aromatic rings. The van der Waals surface area contributed by atoms with Gasteiger partial charge in [0.25, 0.3) is 0 Å². The first-order chi connectivity index (χ1) is 19.2. The van der Waals surface area contributed by atoms with Gasteiger partial charge in [-0.05, 0) is 102 Å². The summed E-state index contributed by atoms with van der Waals surface area (Å²) in [5, 5.41) is 21.6. The smallest absolute Gasteiger partial charge is 0.323 e. The molecule has 0 bridgehead atoms. The number of hydrogen-bond donors (Lipinski definition) is 6. The Morgan fingerprint density at radius 2 is 1.43 bits per heavy atom. The van der Waals surface area contributed by atoms with Crippen molar-refractivity contribution in [3.63, 3.8) is 0 Å². The fourth-order valence-corrected chi connectivity index (χ4v) is 6.61. The van der Waals surface area contributed by atoms with Gasteiger partial charge in [-0.25, -0.2) is 8.42 Å². The Hall–Kier alpha value is -2.54. The summed E-state index contributed by atoms with van der Waals surface area (Å²) in [6.07, 6.45) is 8.28. The Balaban J connectivity index is 1.43. The number of carbonyl (C=O) groups is 3. The van der Waals surface area contributed by atoms with E-state index in [0.717, 1.165) is 77.5 Å². The average Bonchev–Trinajstić information content (AvgIpc) is 2.96. The lowest BCUT2D eigenvalue weighted by Crippen LogP contribution is -2.48. The Kier molecular flexibility index (Phi) is 13.3. The largest absolute Gasteiger partial charge is 0.480 e. The summed E-state index contributed by atoms with van der Waals surface area (Å²) in [5.41, 5.74) is 0. The van der Waals surface area contributed by atoms with E-state index in [1.165, 1.54) is 24.3 Å². The highest BCUT2D eigenvalue weighted by atomic mass is 32.2. The van der Waals surface area contributed by atoms with Gasteiger partial charge in [0.2, 0.25) is 21.8 Å². The molecule has 0 saturated carbocycles. The molecule has 2 aliphatic rings. The third-order valence-electron chi connectivity index (χ3n) is 7.94. The molecule has 2 amide bonds. The van der Waals surface area contributed by atoms with Gasteiger partial charge in [0, 0.05) is 25.4 Å². The summed E-state index contributed by atoms with van der Waals surface area (Å²) in [6.45, 7) is 3.84. The Morgan fingerprint density at radius 1 is 0.875 bits per heavy atom. The molecule has 0 aliphatic carbocycles. The van der Waals surface area contributed by atoms with Gasteiger partial charge in [-0.2, -0.15) is 4.72 Å². The van der Waals surface area contributed by atoms with Crippen molar-refractivity contribution < 1.29 is 27.9 Å². The summed E-state index contributed by atoms with van der Waals surface area (Å²) in [4.78, 5) is 37.0. The third-order valence-corrected chi connectivity index (χ3v) is 9.43. The van der Waals surface area contributed by atoms with Crippen LogP contribution in [0.15, 0.2) is 35.2 Å². The number of amides is 2. The van der Waals surface area contributed by atoms with E-state index in [9.17, 15) is 27.9 Å². The summed E-state index contributed by atoms with van der Waals surface area (Å²) in [7, 11) is -4.06. The molecule has 0 aromatic heterocycles. The number of benzene rings is 1. The maximum Gasteiger partial charge on any atom is 0.323 e. The van der Waals surface area contributed by atoms with Crippen molar-refractivity contribution in [1.29, 1.82) is 0 Å². The van der Waals surface area contributed by atoms with Crippen molar-refractivity contribution in [3.8, 4) is 0 Å². The van der Waals surface area contributed by atoms with E-state index in [0.29, 0.717) is 11.8 Å². The molecule has 6 N–H and O–H groups in total. The lowest BCUT2D eigenvalue weighted by Gasteiger charge is -2.27. The molecule has 2 heterocycles. The number of sulfonamides is 1. The number of carboxylic acids is 1. The van der Waals surface area contributed by atoms with Crippen LogP contribution in [0.25, 0.3) is 0 Å². The molecule has 224 valence electrons. The maximum absolute atomic E-state index is 13.1. The summed E-state index contributed by atoms with van der Waals surface area (Å²) < 4.78 is 27.1. The quantitative estimate of drug-likeness (QED) is 0.170. The lowest BCUT2D eigenvalue weighted by atomic mass is 9.84. The highest BCUT2D eigenvalue weighted by Gasteiger charge is 2.26. The lowest BCUT2D eigenvalue weighted by molar-refractivity contribution is -0.139. The molecule has 2 saturated heterocycles. The van der Waals surface area contributed by atoms with Gasteiger partial charge >= 0.3 is 5.97 Å². The van der Waals surface area contributed by atoms with Gasteiger partial charge in [0.1, 0.15) is 6.04 Å². The first kappa shape index (κ1) is 32.0. The Bertz CT molecular complexity index is 1020. The average molecular weight is 580 g/mol. The van der Waals surface area contributed by atoms with E-state index in [2.05, 4.69) is 26.0 Å². The van der Waals surface area contributed by atoms with Crippen molar-refractivity contribution >= 4 is 27.8 Å². The fraction of sp³-hybridized carbons (Fsp3) is 0.679. The topological polar surface area (TPSA) is 166 Å². The standard InChI is InChI=1S/C28H45N5O6S/c34-26(32-20-25(28(36)37)33-40(38,39)24-4-2-1-3-5-24)14-19-31-27(35)23(8-6-21-10-15-29-16-11-21)9-7-22-12-17-30-18-13-22/h1-5,21-23,25,29-30,33H,6-20H2,(H,31,35)(H,32,34)(H,36,37). The number of rotatable bonds is 16. The van der Waals surface area contributed by atoms with Gasteiger partial charge in [-0.3, -0.25) is 14.4 Å². The van der Waals surface area contributed by atoms with Gasteiger partial charge in [0.15, 0.2) is 0 Å². The molecular weight excluding hydrogens is 534 g/mol. The summed E-state index contributed by atoms with van der Waals surface area (Å²) in [6, 6.07) is 5.90. The van der Waals surface area contributed by atoms with Crippen LogP contribution in [0.5, 0.6) is 0 Å². The fourth-order valence-electron chi connectivity index (χ4n) is 5.40. The molecule has 0 radical (unpaired) electrons. The second-order valence-corrected chi connectivity index (χ2v) is 12.6. The monoisotopic (exact) mass is 579 g/mol. The van der Waals surface area contributed by atoms with Crippen LogP contribution in [0.3, 0.4) is 0 Å².